The molecule has 1 aromatic carbocycles. The highest BCUT2D eigenvalue weighted by molar-refractivity contribution is 5.98. The molecule has 0 bridgehead atoms. The molecule has 0 aliphatic carbocycles. The van der Waals surface area contributed by atoms with E-state index in [4.69, 9.17) is 0 Å². The second-order valence-electron chi connectivity index (χ2n) is 5.11. The Morgan fingerprint density at radius 2 is 2.05 bits per heavy atom. The molecule has 6 heteroatoms. The highest BCUT2D eigenvalue weighted by atomic mass is 16.4. The van der Waals surface area contributed by atoms with Crippen LogP contribution in [0, 0.1) is 0 Å². The molecular formula is C15H18N2O4. The molecule has 1 aliphatic rings. The number of anilines is 1. The van der Waals surface area contributed by atoms with Crippen molar-refractivity contribution in [3.63, 3.8) is 0 Å². The largest absolute Gasteiger partial charge is 0.480 e. The van der Waals surface area contributed by atoms with Gasteiger partial charge < -0.3 is 15.3 Å². The fraction of sp³-hybridized carbons (Fsp3) is 0.400. The van der Waals surface area contributed by atoms with Gasteiger partial charge in [0.15, 0.2) is 0 Å². The number of aliphatic carboxylic acids is 1. The Bertz CT molecular complexity index is 571. The third-order valence-corrected chi connectivity index (χ3v) is 3.48. The normalized spacial score (nSPS) is 18.1. The molecule has 1 saturated heterocycles. The van der Waals surface area contributed by atoms with Crippen molar-refractivity contribution in [2.24, 2.45) is 0 Å². The molecule has 1 fully saturated rings. The SMILES string of the molecule is CC(=O)Nc1cccc(C(=O)N2CCCCC2C(=O)O)c1. The van der Waals surface area contributed by atoms with E-state index in [2.05, 4.69) is 5.32 Å². The maximum atomic E-state index is 12.5. The van der Waals surface area contributed by atoms with Crippen LogP contribution >= 0.6 is 0 Å². The first-order chi connectivity index (χ1) is 9.99. The van der Waals surface area contributed by atoms with Gasteiger partial charge in [-0.15, -0.1) is 0 Å². The van der Waals surface area contributed by atoms with Gasteiger partial charge in [0.25, 0.3) is 5.91 Å². The Morgan fingerprint density at radius 3 is 2.71 bits per heavy atom. The predicted octanol–water partition coefficient (Wildman–Crippen LogP) is 1.72. The van der Waals surface area contributed by atoms with Crippen LogP contribution in [0.25, 0.3) is 0 Å². The summed E-state index contributed by atoms with van der Waals surface area (Å²) in [6.45, 7) is 1.83. The minimum Gasteiger partial charge on any atom is -0.480 e. The highest BCUT2D eigenvalue weighted by Gasteiger charge is 2.32. The highest BCUT2D eigenvalue weighted by Crippen LogP contribution is 2.21. The Hall–Kier alpha value is -2.37. The number of carboxylic acids is 1. The third-order valence-electron chi connectivity index (χ3n) is 3.48. The van der Waals surface area contributed by atoms with Gasteiger partial charge in [-0.05, 0) is 37.5 Å². The second kappa shape index (κ2) is 6.39. The lowest BCUT2D eigenvalue weighted by Crippen LogP contribution is -2.47. The smallest absolute Gasteiger partial charge is 0.326 e. The van der Waals surface area contributed by atoms with Crippen LogP contribution < -0.4 is 5.32 Å². The maximum Gasteiger partial charge on any atom is 0.326 e. The van der Waals surface area contributed by atoms with Crippen LogP contribution in [0.3, 0.4) is 0 Å². The molecule has 2 rings (SSSR count). The first-order valence-electron chi connectivity index (χ1n) is 6.90. The summed E-state index contributed by atoms with van der Waals surface area (Å²) in [4.78, 5) is 36.2. The summed E-state index contributed by atoms with van der Waals surface area (Å²) in [5.41, 5.74) is 0.909. The Kier molecular flexibility index (Phi) is 4.57. The molecule has 1 atom stereocenters. The van der Waals surface area contributed by atoms with E-state index in [1.165, 1.54) is 11.8 Å². The number of benzene rings is 1. The van der Waals surface area contributed by atoms with Crippen molar-refractivity contribution in [1.29, 1.82) is 0 Å². The van der Waals surface area contributed by atoms with Crippen LogP contribution in [0.1, 0.15) is 36.5 Å². The minimum atomic E-state index is -0.971. The number of nitrogens with one attached hydrogen (secondary N) is 1. The number of carbonyl (C=O) groups excluding carboxylic acids is 2. The van der Waals surface area contributed by atoms with Gasteiger partial charge in [-0.1, -0.05) is 6.07 Å². The van der Waals surface area contributed by atoms with Crippen molar-refractivity contribution in [3.05, 3.63) is 29.8 Å². The van der Waals surface area contributed by atoms with Crippen LogP contribution in [-0.2, 0) is 9.59 Å². The van der Waals surface area contributed by atoms with Gasteiger partial charge in [0.1, 0.15) is 6.04 Å². The number of piperidine rings is 1. The quantitative estimate of drug-likeness (QED) is 0.887. The van der Waals surface area contributed by atoms with Gasteiger partial charge >= 0.3 is 5.97 Å². The van der Waals surface area contributed by atoms with Gasteiger partial charge in [-0.2, -0.15) is 0 Å². The number of hydrogen-bond acceptors (Lipinski definition) is 3. The summed E-state index contributed by atoms with van der Waals surface area (Å²) in [7, 11) is 0. The zero-order valence-corrected chi connectivity index (χ0v) is 11.8. The van der Waals surface area contributed by atoms with Gasteiger partial charge in [0.2, 0.25) is 5.91 Å². The molecule has 1 heterocycles. The lowest BCUT2D eigenvalue weighted by atomic mass is 10.0. The van der Waals surface area contributed by atoms with Crippen molar-refractivity contribution in [2.45, 2.75) is 32.2 Å². The van der Waals surface area contributed by atoms with E-state index in [0.717, 1.165) is 12.8 Å². The van der Waals surface area contributed by atoms with Gasteiger partial charge in [0, 0.05) is 24.7 Å². The van der Waals surface area contributed by atoms with E-state index in [9.17, 15) is 19.5 Å². The average molecular weight is 290 g/mol. The van der Waals surface area contributed by atoms with Gasteiger partial charge in [-0.25, -0.2) is 4.79 Å². The fourth-order valence-corrected chi connectivity index (χ4v) is 2.53. The summed E-state index contributed by atoms with van der Waals surface area (Å²) in [5.74, 6) is -1.50. The van der Waals surface area contributed by atoms with Crippen molar-refractivity contribution in [2.75, 3.05) is 11.9 Å². The number of likely N-dealkylation sites (tertiary alicyclic amines) is 1. The molecule has 0 aromatic heterocycles. The van der Waals surface area contributed by atoms with Crippen LogP contribution in [-0.4, -0.2) is 40.4 Å². The zero-order valence-electron chi connectivity index (χ0n) is 11.8. The molecule has 1 unspecified atom stereocenters. The van der Waals surface area contributed by atoms with E-state index in [-0.39, 0.29) is 11.8 Å². The predicted molar refractivity (Wildman–Crippen MR) is 77.1 cm³/mol. The third kappa shape index (κ3) is 3.59. The molecule has 2 N–H and O–H groups in total. The Balaban J connectivity index is 2.22. The number of amides is 2. The lowest BCUT2D eigenvalue weighted by molar-refractivity contribution is -0.143. The second-order valence-corrected chi connectivity index (χ2v) is 5.11. The van der Waals surface area contributed by atoms with Crippen LogP contribution in [0.5, 0.6) is 0 Å². The van der Waals surface area contributed by atoms with Gasteiger partial charge in [-0.3, -0.25) is 9.59 Å². The van der Waals surface area contributed by atoms with Crippen molar-refractivity contribution in [3.8, 4) is 0 Å². The van der Waals surface area contributed by atoms with Crippen molar-refractivity contribution in [1.82, 2.24) is 4.90 Å². The number of carbonyl (C=O) groups is 3. The Morgan fingerprint density at radius 1 is 1.29 bits per heavy atom. The molecular weight excluding hydrogens is 272 g/mol. The van der Waals surface area contributed by atoms with E-state index < -0.39 is 12.0 Å². The maximum absolute atomic E-state index is 12.5. The Labute approximate surface area is 122 Å². The zero-order chi connectivity index (χ0) is 15.4. The molecule has 0 radical (unpaired) electrons. The van der Waals surface area contributed by atoms with Crippen molar-refractivity contribution < 1.29 is 19.5 Å². The molecule has 2 amide bonds. The van der Waals surface area contributed by atoms with Crippen LogP contribution in [0.4, 0.5) is 5.69 Å². The van der Waals surface area contributed by atoms with Crippen LogP contribution in [0.15, 0.2) is 24.3 Å². The average Bonchev–Trinajstić information content (AvgIpc) is 2.46. The molecule has 0 spiro atoms. The number of nitrogens with zero attached hydrogens (tertiary/aromatic N) is 1. The first-order valence-corrected chi connectivity index (χ1v) is 6.90. The number of rotatable bonds is 3. The number of hydrogen-bond donors (Lipinski definition) is 2. The molecule has 112 valence electrons. The standard InChI is InChI=1S/C15H18N2O4/c1-10(18)16-12-6-4-5-11(9-12)14(19)17-8-3-2-7-13(17)15(20)21/h4-6,9,13H,2-3,7-8H2,1H3,(H,16,18)(H,20,21). The van der Waals surface area contributed by atoms with Crippen LogP contribution in [0.2, 0.25) is 0 Å². The molecule has 6 nitrogen and oxygen atoms in total. The summed E-state index contributed by atoms with van der Waals surface area (Å²) in [6, 6.07) is 5.77. The monoisotopic (exact) mass is 290 g/mol. The molecule has 1 aliphatic heterocycles. The van der Waals surface area contributed by atoms with E-state index in [1.54, 1.807) is 24.3 Å². The molecule has 0 saturated carbocycles. The molecule has 1 aromatic rings. The van der Waals surface area contributed by atoms with E-state index >= 15 is 0 Å². The minimum absolute atomic E-state index is 0.221. The first kappa shape index (κ1) is 15.0. The fourth-order valence-electron chi connectivity index (χ4n) is 2.53. The summed E-state index contributed by atoms with van der Waals surface area (Å²) in [5, 5.41) is 11.8. The summed E-state index contributed by atoms with van der Waals surface area (Å²) < 4.78 is 0. The lowest BCUT2D eigenvalue weighted by Gasteiger charge is -2.33. The topological polar surface area (TPSA) is 86.7 Å². The van der Waals surface area contributed by atoms with Crippen molar-refractivity contribution >= 4 is 23.5 Å². The summed E-state index contributed by atoms with van der Waals surface area (Å²) in [6.07, 6.45) is 2.10. The summed E-state index contributed by atoms with van der Waals surface area (Å²) >= 11 is 0. The number of carboxylic acid groups (broad SMARTS) is 1. The van der Waals surface area contributed by atoms with E-state index in [1.807, 2.05) is 0 Å². The molecule has 21 heavy (non-hydrogen) atoms. The van der Waals surface area contributed by atoms with E-state index in [0.29, 0.717) is 24.2 Å². The van der Waals surface area contributed by atoms with Gasteiger partial charge in [0.05, 0.1) is 0 Å².